The van der Waals surface area contributed by atoms with Gasteiger partial charge in [-0.15, -0.1) is 0 Å². The number of rotatable bonds is 7. The summed E-state index contributed by atoms with van der Waals surface area (Å²) in [5, 5.41) is 2.54. The molecule has 4 N–H and O–H groups in total. The highest BCUT2D eigenvalue weighted by Crippen LogP contribution is 2.05. The van der Waals surface area contributed by atoms with Gasteiger partial charge >= 0.3 is 0 Å². The predicted molar refractivity (Wildman–Crippen MR) is 82.1 cm³/mol. The van der Waals surface area contributed by atoms with Crippen molar-refractivity contribution in [1.82, 2.24) is 10.0 Å². The van der Waals surface area contributed by atoms with E-state index in [4.69, 9.17) is 18.0 Å². The van der Waals surface area contributed by atoms with Crippen molar-refractivity contribution in [1.29, 1.82) is 0 Å². The van der Waals surface area contributed by atoms with Gasteiger partial charge in [0.2, 0.25) is 10.0 Å². The Morgan fingerprint density at radius 1 is 1.35 bits per heavy atom. The molecular formula is C12H17N3O3S2. The number of nitrogens with two attached hydrogens (primary N) is 1. The van der Waals surface area contributed by atoms with Crippen LogP contribution in [0.1, 0.15) is 22.8 Å². The van der Waals surface area contributed by atoms with Crippen LogP contribution in [0.3, 0.4) is 0 Å². The van der Waals surface area contributed by atoms with Crippen LogP contribution in [0.15, 0.2) is 24.3 Å². The average Bonchev–Trinajstić information content (AvgIpc) is 2.38. The topological polar surface area (TPSA) is 101 Å². The zero-order chi connectivity index (χ0) is 15.2. The summed E-state index contributed by atoms with van der Waals surface area (Å²) in [5.74, 6) is -0.531. The first-order valence-corrected chi connectivity index (χ1v) is 8.07. The SMILES string of the molecule is CCNS(=O)(=O)CCNC(=O)c1cccc(C(N)=S)c1. The van der Waals surface area contributed by atoms with Crippen molar-refractivity contribution in [3.05, 3.63) is 35.4 Å². The van der Waals surface area contributed by atoms with Gasteiger partial charge in [0.15, 0.2) is 0 Å². The molecule has 0 aliphatic carbocycles. The van der Waals surface area contributed by atoms with Crippen molar-refractivity contribution >= 4 is 33.1 Å². The lowest BCUT2D eigenvalue weighted by Gasteiger charge is -2.07. The number of hydrogen-bond donors (Lipinski definition) is 3. The molecule has 1 rings (SSSR count). The van der Waals surface area contributed by atoms with E-state index in [1.54, 1.807) is 31.2 Å². The molecular weight excluding hydrogens is 298 g/mol. The van der Waals surface area contributed by atoms with Crippen LogP contribution in [0, 0.1) is 0 Å². The molecule has 0 saturated carbocycles. The van der Waals surface area contributed by atoms with E-state index in [-0.39, 0.29) is 23.2 Å². The fraction of sp³-hybridized carbons (Fsp3) is 0.333. The van der Waals surface area contributed by atoms with E-state index in [1.807, 2.05) is 0 Å². The van der Waals surface area contributed by atoms with Gasteiger partial charge < -0.3 is 11.1 Å². The van der Waals surface area contributed by atoms with Crippen LogP contribution in [-0.4, -0.2) is 38.2 Å². The second-order valence-electron chi connectivity index (χ2n) is 4.02. The number of thiocarbonyl (C=S) groups is 1. The third kappa shape index (κ3) is 5.24. The minimum absolute atomic E-state index is 0.0332. The molecule has 1 amide bonds. The Kier molecular flexibility index (Phi) is 6.05. The van der Waals surface area contributed by atoms with Gasteiger partial charge in [-0.25, -0.2) is 13.1 Å². The summed E-state index contributed by atoms with van der Waals surface area (Å²) in [6.45, 7) is 2.05. The van der Waals surface area contributed by atoms with Crippen LogP contribution < -0.4 is 15.8 Å². The van der Waals surface area contributed by atoms with Crippen LogP contribution >= 0.6 is 12.2 Å². The first-order chi connectivity index (χ1) is 9.35. The third-order valence-electron chi connectivity index (χ3n) is 2.43. The first-order valence-electron chi connectivity index (χ1n) is 6.01. The molecule has 0 aliphatic rings. The Hall–Kier alpha value is -1.51. The van der Waals surface area contributed by atoms with E-state index in [9.17, 15) is 13.2 Å². The van der Waals surface area contributed by atoms with Crippen molar-refractivity contribution < 1.29 is 13.2 Å². The van der Waals surface area contributed by atoms with E-state index < -0.39 is 10.0 Å². The Bertz CT molecular complexity index is 600. The summed E-state index contributed by atoms with van der Waals surface area (Å²) < 4.78 is 25.1. The first kappa shape index (κ1) is 16.5. The molecule has 1 aromatic rings. The molecule has 0 saturated heterocycles. The zero-order valence-electron chi connectivity index (χ0n) is 11.0. The van der Waals surface area contributed by atoms with Crippen LogP contribution in [-0.2, 0) is 10.0 Å². The molecule has 6 nitrogen and oxygen atoms in total. The lowest BCUT2D eigenvalue weighted by atomic mass is 10.1. The van der Waals surface area contributed by atoms with E-state index in [2.05, 4.69) is 10.0 Å². The van der Waals surface area contributed by atoms with Crippen LogP contribution in [0.2, 0.25) is 0 Å². The highest BCUT2D eigenvalue weighted by molar-refractivity contribution is 7.89. The molecule has 8 heteroatoms. The molecule has 0 fully saturated rings. The van der Waals surface area contributed by atoms with Gasteiger partial charge in [-0.05, 0) is 12.1 Å². The van der Waals surface area contributed by atoms with Crippen LogP contribution in [0.25, 0.3) is 0 Å². The maximum absolute atomic E-state index is 11.9. The quantitative estimate of drug-likeness (QED) is 0.614. The zero-order valence-corrected chi connectivity index (χ0v) is 12.7. The van der Waals surface area contributed by atoms with Gasteiger partial charge in [0, 0.05) is 24.2 Å². The number of carbonyl (C=O) groups is 1. The van der Waals surface area contributed by atoms with Crippen molar-refractivity contribution in [2.75, 3.05) is 18.8 Å². The van der Waals surface area contributed by atoms with Crippen molar-refractivity contribution in [3.63, 3.8) is 0 Å². The minimum Gasteiger partial charge on any atom is -0.389 e. The lowest BCUT2D eigenvalue weighted by Crippen LogP contribution is -2.34. The summed E-state index contributed by atoms with van der Waals surface area (Å²) in [6.07, 6.45) is 0. The number of amides is 1. The summed E-state index contributed by atoms with van der Waals surface area (Å²) in [7, 11) is -3.34. The monoisotopic (exact) mass is 315 g/mol. The summed E-state index contributed by atoms with van der Waals surface area (Å²) in [4.78, 5) is 12.1. The molecule has 0 unspecified atom stereocenters. The van der Waals surface area contributed by atoms with E-state index in [0.717, 1.165) is 0 Å². The number of hydrogen-bond acceptors (Lipinski definition) is 4. The Labute approximate surface area is 123 Å². The number of sulfonamides is 1. The molecule has 0 aliphatic heterocycles. The molecule has 110 valence electrons. The standard InChI is InChI=1S/C12H17N3O3S2/c1-2-15-20(17,18)7-6-14-12(16)10-5-3-4-9(8-10)11(13)19/h3-5,8,15H,2,6-7H2,1H3,(H2,13,19)(H,14,16). The Balaban J connectivity index is 2.60. The third-order valence-corrected chi connectivity index (χ3v) is 4.14. The number of nitrogens with one attached hydrogen (secondary N) is 2. The van der Waals surface area contributed by atoms with Gasteiger partial charge in [0.1, 0.15) is 4.99 Å². The van der Waals surface area contributed by atoms with Gasteiger partial charge in [-0.3, -0.25) is 4.79 Å². The fourth-order valence-electron chi connectivity index (χ4n) is 1.51. The fourth-order valence-corrected chi connectivity index (χ4v) is 2.59. The van der Waals surface area contributed by atoms with E-state index in [0.29, 0.717) is 17.7 Å². The summed E-state index contributed by atoms with van der Waals surface area (Å²) in [5.41, 5.74) is 6.46. The van der Waals surface area contributed by atoms with Crippen molar-refractivity contribution in [2.45, 2.75) is 6.92 Å². The molecule has 0 radical (unpaired) electrons. The Morgan fingerprint density at radius 2 is 2.00 bits per heavy atom. The molecule has 0 atom stereocenters. The molecule has 0 bridgehead atoms. The van der Waals surface area contributed by atoms with Crippen LogP contribution in [0.5, 0.6) is 0 Å². The van der Waals surface area contributed by atoms with E-state index in [1.165, 1.54) is 0 Å². The summed E-state index contributed by atoms with van der Waals surface area (Å²) >= 11 is 4.83. The highest BCUT2D eigenvalue weighted by atomic mass is 32.2. The lowest BCUT2D eigenvalue weighted by molar-refractivity contribution is 0.0956. The smallest absolute Gasteiger partial charge is 0.251 e. The second-order valence-corrected chi connectivity index (χ2v) is 6.38. The summed E-state index contributed by atoms with van der Waals surface area (Å²) in [6, 6.07) is 6.54. The van der Waals surface area contributed by atoms with Gasteiger partial charge in [0.05, 0.1) is 5.75 Å². The minimum atomic E-state index is -3.34. The van der Waals surface area contributed by atoms with Gasteiger partial charge in [-0.2, -0.15) is 0 Å². The number of benzene rings is 1. The molecule has 20 heavy (non-hydrogen) atoms. The molecule has 0 spiro atoms. The predicted octanol–water partition coefficient (Wildman–Crippen LogP) is -0.0101. The normalized spacial score (nSPS) is 11.1. The Morgan fingerprint density at radius 3 is 2.60 bits per heavy atom. The molecule has 0 aromatic heterocycles. The van der Waals surface area contributed by atoms with Crippen LogP contribution in [0.4, 0.5) is 0 Å². The van der Waals surface area contributed by atoms with Crippen molar-refractivity contribution in [3.8, 4) is 0 Å². The molecule has 1 aromatic carbocycles. The number of carbonyl (C=O) groups excluding carboxylic acids is 1. The van der Waals surface area contributed by atoms with Gasteiger partial charge in [-0.1, -0.05) is 31.3 Å². The van der Waals surface area contributed by atoms with Gasteiger partial charge in [0.25, 0.3) is 5.91 Å². The maximum Gasteiger partial charge on any atom is 0.251 e. The highest BCUT2D eigenvalue weighted by Gasteiger charge is 2.11. The molecule has 0 heterocycles. The van der Waals surface area contributed by atoms with Crippen molar-refractivity contribution in [2.24, 2.45) is 5.73 Å². The van der Waals surface area contributed by atoms with E-state index >= 15 is 0 Å². The largest absolute Gasteiger partial charge is 0.389 e. The average molecular weight is 315 g/mol. The maximum atomic E-state index is 11.9. The second kappa shape index (κ2) is 7.32.